The van der Waals surface area contributed by atoms with Crippen LogP contribution >= 0.6 is 34.8 Å². The second-order valence-electron chi connectivity index (χ2n) is 1.49. The van der Waals surface area contributed by atoms with Gasteiger partial charge in [-0.2, -0.15) is 0 Å². The zero-order valence-corrected chi connectivity index (χ0v) is 6.97. The highest BCUT2D eigenvalue weighted by molar-refractivity contribution is 6.59. The summed E-state index contributed by atoms with van der Waals surface area (Å²) in [6, 6.07) is 0. The summed E-state index contributed by atoms with van der Waals surface area (Å²) < 4.78 is 0.0881. The average molecular weight is 189 g/mol. The third-order valence-electron chi connectivity index (χ3n) is 0.759. The molecule has 0 saturated carbocycles. The second kappa shape index (κ2) is 5.36. The third-order valence-corrected chi connectivity index (χ3v) is 1.79. The molecule has 0 heterocycles. The molecule has 0 saturated heterocycles. The zero-order chi connectivity index (χ0) is 7.28. The van der Waals surface area contributed by atoms with Crippen LogP contribution in [0.15, 0.2) is 9.52 Å². The van der Waals surface area contributed by atoms with E-state index in [4.69, 9.17) is 39.9 Å². The number of rotatable bonds is 3. The van der Waals surface area contributed by atoms with Gasteiger partial charge in [0.2, 0.25) is 0 Å². The predicted octanol–water partition coefficient (Wildman–Crippen LogP) is 2.64. The molecule has 0 aromatic rings. The molecule has 1 N–H and O–H groups in total. The monoisotopic (exact) mass is 188 g/mol. The fraction of sp³-hybridized carbons (Fsp3) is 0.600. The molecule has 0 bridgehead atoms. The summed E-state index contributed by atoms with van der Waals surface area (Å²) in [7, 11) is 0. The molecule has 1 nitrogen and oxygen atoms in total. The molecule has 54 valence electrons. The van der Waals surface area contributed by atoms with Crippen molar-refractivity contribution in [2.24, 2.45) is 0 Å². The number of halogens is 3. The molecule has 0 spiro atoms. The summed E-state index contributed by atoms with van der Waals surface area (Å²) in [6.07, 6.45) is 1.14. The Morgan fingerprint density at radius 3 is 2.11 bits per heavy atom. The van der Waals surface area contributed by atoms with Crippen molar-refractivity contribution < 1.29 is 5.11 Å². The number of hydrogen-bond acceptors (Lipinski definition) is 1. The SMILES string of the molecule is OCCCC(Cl)=C(Cl)Cl. The van der Waals surface area contributed by atoms with Crippen molar-refractivity contribution in [2.45, 2.75) is 12.8 Å². The predicted molar refractivity (Wildman–Crippen MR) is 40.9 cm³/mol. The Morgan fingerprint density at radius 1 is 1.22 bits per heavy atom. The summed E-state index contributed by atoms with van der Waals surface area (Å²) in [5.74, 6) is 0. The summed E-state index contributed by atoms with van der Waals surface area (Å²) in [6.45, 7) is 0.108. The van der Waals surface area contributed by atoms with Crippen molar-refractivity contribution in [2.75, 3.05) is 6.61 Å². The highest BCUT2D eigenvalue weighted by Gasteiger charge is 1.96. The summed E-state index contributed by atoms with van der Waals surface area (Å²) >= 11 is 16.1. The number of aliphatic hydroxyl groups excluding tert-OH is 1. The van der Waals surface area contributed by atoms with Gasteiger partial charge in [-0.25, -0.2) is 0 Å². The van der Waals surface area contributed by atoms with E-state index in [1.165, 1.54) is 0 Å². The first-order valence-electron chi connectivity index (χ1n) is 2.49. The van der Waals surface area contributed by atoms with Crippen molar-refractivity contribution in [3.05, 3.63) is 9.52 Å². The number of aliphatic hydroxyl groups is 1. The van der Waals surface area contributed by atoms with E-state index in [0.29, 0.717) is 17.9 Å². The van der Waals surface area contributed by atoms with E-state index in [9.17, 15) is 0 Å². The molecule has 0 aliphatic heterocycles. The Balaban J connectivity index is 3.50. The Bertz CT molecular complexity index is 107. The Morgan fingerprint density at radius 2 is 1.78 bits per heavy atom. The lowest BCUT2D eigenvalue weighted by molar-refractivity contribution is 0.289. The minimum Gasteiger partial charge on any atom is -0.396 e. The van der Waals surface area contributed by atoms with E-state index in [2.05, 4.69) is 0 Å². The third kappa shape index (κ3) is 5.04. The molecule has 0 aromatic heterocycles. The zero-order valence-electron chi connectivity index (χ0n) is 4.70. The van der Waals surface area contributed by atoms with Gasteiger partial charge in [-0.1, -0.05) is 34.8 Å². The van der Waals surface area contributed by atoms with Crippen LogP contribution in [0.5, 0.6) is 0 Å². The molecule has 0 atom stereocenters. The van der Waals surface area contributed by atoms with E-state index in [0.717, 1.165) is 0 Å². The lowest BCUT2D eigenvalue weighted by atomic mass is 10.3. The van der Waals surface area contributed by atoms with E-state index >= 15 is 0 Å². The van der Waals surface area contributed by atoms with Gasteiger partial charge < -0.3 is 5.11 Å². The molecule has 0 unspecified atom stereocenters. The fourth-order valence-electron chi connectivity index (χ4n) is 0.329. The van der Waals surface area contributed by atoms with Gasteiger partial charge >= 0.3 is 0 Å². The molecule has 0 rings (SSSR count). The molecular formula is C5H7Cl3O. The summed E-state index contributed by atoms with van der Waals surface area (Å²) in [5.41, 5.74) is 0. The Labute approximate surface area is 69.2 Å². The van der Waals surface area contributed by atoms with Crippen molar-refractivity contribution >= 4 is 34.8 Å². The van der Waals surface area contributed by atoms with Gasteiger partial charge in [-0.05, 0) is 12.8 Å². The lowest BCUT2D eigenvalue weighted by Gasteiger charge is -1.94. The molecule has 4 heteroatoms. The smallest absolute Gasteiger partial charge is 0.121 e. The molecule has 0 aliphatic carbocycles. The quantitative estimate of drug-likeness (QED) is 0.724. The Kier molecular flexibility index (Phi) is 5.70. The van der Waals surface area contributed by atoms with Crippen LogP contribution < -0.4 is 0 Å². The van der Waals surface area contributed by atoms with Gasteiger partial charge in [-0.3, -0.25) is 0 Å². The molecule has 0 amide bonds. The van der Waals surface area contributed by atoms with Gasteiger partial charge in [0, 0.05) is 11.6 Å². The largest absolute Gasteiger partial charge is 0.396 e. The Hall–Kier alpha value is 0.570. The standard InChI is InChI=1S/C5H7Cl3O/c6-4(5(7)8)2-1-3-9/h9H,1-3H2. The van der Waals surface area contributed by atoms with Gasteiger partial charge in [0.1, 0.15) is 4.49 Å². The second-order valence-corrected chi connectivity index (χ2v) is 2.90. The van der Waals surface area contributed by atoms with Gasteiger partial charge in [-0.15, -0.1) is 0 Å². The van der Waals surface area contributed by atoms with E-state index in [1.54, 1.807) is 0 Å². The molecule has 0 fully saturated rings. The van der Waals surface area contributed by atoms with Gasteiger partial charge in [0.15, 0.2) is 0 Å². The first-order valence-corrected chi connectivity index (χ1v) is 3.62. The molecule has 0 aromatic carbocycles. The van der Waals surface area contributed by atoms with Crippen LogP contribution in [0.2, 0.25) is 0 Å². The number of allylic oxidation sites excluding steroid dienone is 1. The average Bonchev–Trinajstić information content (AvgIpc) is 1.82. The van der Waals surface area contributed by atoms with Crippen LogP contribution in [-0.2, 0) is 0 Å². The number of hydrogen-bond donors (Lipinski definition) is 1. The minimum atomic E-state index is 0.0881. The normalized spacial score (nSPS) is 9.33. The van der Waals surface area contributed by atoms with Crippen LogP contribution in [0.3, 0.4) is 0 Å². The molecule has 0 aliphatic rings. The maximum atomic E-state index is 8.33. The van der Waals surface area contributed by atoms with Crippen LogP contribution in [0.1, 0.15) is 12.8 Å². The van der Waals surface area contributed by atoms with Crippen molar-refractivity contribution in [1.82, 2.24) is 0 Å². The van der Waals surface area contributed by atoms with Crippen molar-refractivity contribution in [1.29, 1.82) is 0 Å². The highest BCUT2D eigenvalue weighted by atomic mass is 35.5. The van der Waals surface area contributed by atoms with Crippen LogP contribution in [0.25, 0.3) is 0 Å². The maximum Gasteiger partial charge on any atom is 0.121 e. The fourth-order valence-corrected chi connectivity index (χ4v) is 0.651. The molecular weight excluding hydrogens is 182 g/mol. The van der Waals surface area contributed by atoms with Crippen LogP contribution in [0, 0.1) is 0 Å². The van der Waals surface area contributed by atoms with E-state index in [1.807, 2.05) is 0 Å². The van der Waals surface area contributed by atoms with Gasteiger partial charge in [0.25, 0.3) is 0 Å². The van der Waals surface area contributed by atoms with Gasteiger partial charge in [0.05, 0.1) is 0 Å². The van der Waals surface area contributed by atoms with Crippen molar-refractivity contribution in [3.8, 4) is 0 Å². The van der Waals surface area contributed by atoms with Crippen LogP contribution in [-0.4, -0.2) is 11.7 Å². The first kappa shape index (κ1) is 9.57. The molecule has 0 radical (unpaired) electrons. The maximum absolute atomic E-state index is 8.33. The summed E-state index contributed by atoms with van der Waals surface area (Å²) in [4.78, 5) is 0. The summed E-state index contributed by atoms with van der Waals surface area (Å²) in [5, 5.41) is 8.74. The van der Waals surface area contributed by atoms with Crippen molar-refractivity contribution in [3.63, 3.8) is 0 Å². The minimum absolute atomic E-state index is 0.0881. The first-order chi connectivity index (χ1) is 4.18. The molecule has 9 heavy (non-hydrogen) atoms. The topological polar surface area (TPSA) is 20.2 Å². The lowest BCUT2D eigenvalue weighted by Crippen LogP contribution is -1.82. The highest BCUT2D eigenvalue weighted by Crippen LogP contribution is 2.21. The van der Waals surface area contributed by atoms with E-state index in [-0.39, 0.29) is 11.1 Å². The van der Waals surface area contributed by atoms with E-state index < -0.39 is 0 Å². The van der Waals surface area contributed by atoms with Crippen LogP contribution in [0.4, 0.5) is 0 Å².